The Labute approximate surface area is 200 Å². The van der Waals surface area contributed by atoms with Crippen LogP contribution in [-0.4, -0.2) is 78.5 Å². The Kier molecular flexibility index (Phi) is 8.22. The predicted octanol–water partition coefficient (Wildman–Crippen LogP) is 2.69. The zero-order valence-electron chi connectivity index (χ0n) is 20.3. The Balaban J connectivity index is 1.99. The molecule has 182 valence electrons. The summed E-state index contributed by atoms with van der Waals surface area (Å²) in [4.78, 5) is 45.6. The van der Waals surface area contributed by atoms with Gasteiger partial charge in [0.05, 0.1) is 17.7 Å². The van der Waals surface area contributed by atoms with Gasteiger partial charge in [-0.15, -0.1) is 0 Å². The lowest BCUT2D eigenvalue weighted by molar-refractivity contribution is -0.114. The minimum Gasteiger partial charge on any atom is -0.491 e. The van der Waals surface area contributed by atoms with Crippen LogP contribution in [0.3, 0.4) is 0 Å². The average Bonchev–Trinajstić information content (AvgIpc) is 2.83. The number of methoxy groups -OCH3 is 1. The Morgan fingerprint density at radius 3 is 2.50 bits per heavy atom. The number of fused-ring (bicyclic) bond motifs is 1. The van der Waals surface area contributed by atoms with Gasteiger partial charge >= 0.3 is 0 Å². The van der Waals surface area contributed by atoms with Crippen LogP contribution in [0.2, 0.25) is 0 Å². The Morgan fingerprint density at radius 2 is 1.85 bits per heavy atom. The Morgan fingerprint density at radius 1 is 1.15 bits per heavy atom. The zero-order valence-corrected chi connectivity index (χ0v) is 20.3. The largest absolute Gasteiger partial charge is 0.491 e. The van der Waals surface area contributed by atoms with Crippen molar-refractivity contribution in [2.24, 2.45) is 5.92 Å². The average molecular weight is 469 g/mol. The molecule has 0 aliphatic carbocycles. The second kappa shape index (κ2) is 11.1. The van der Waals surface area contributed by atoms with Crippen molar-refractivity contribution in [1.29, 1.82) is 0 Å². The van der Waals surface area contributed by atoms with Crippen molar-refractivity contribution < 1.29 is 23.9 Å². The lowest BCUT2D eigenvalue weighted by atomic mass is 10.0. The molecule has 0 unspecified atom stereocenters. The number of carbonyl (C=O) groups excluding carboxylic acids is 3. The number of hydrogen-bond acceptors (Lipinski definition) is 6. The van der Waals surface area contributed by atoms with Gasteiger partial charge in [-0.1, -0.05) is 6.92 Å². The van der Waals surface area contributed by atoms with Gasteiger partial charge in [0, 0.05) is 63.7 Å². The van der Waals surface area contributed by atoms with Crippen LogP contribution in [-0.2, 0) is 9.53 Å². The first-order valence-corrected chi connectivity index (χ1v) is 11.2. The lowest BCUT2D eigenvalue weighted by Crippen LogP contribution is -2.48. The van der Waals surface area contributed by atoms with Crippen molar-refractivity contribution in [2.45, 2.75) is 32.9 Å². The molecule has 0 radical (unpaired) electrons. The van der Waals surface area contributed by atoms with Crippen molar-refractivity contribution in [3.05, 3.63) is 53.9 Å². The summed E-state index contributed by atoms with van der Waals surface area (Å²) in [6.07, 6.45) is 2.89. The molecular weight excluding hydrogens is 436 g/mol. The topological polar surface area (TPSA) is 101 Å². The van der Waals surface area contributed by atoms with Gasteiger partial charge in [0.1, 0.15) is 12.4 Å². The summed E-state index contributed by atoms with van der Waals surface area (Å²) in [5.74, 6) is -0.269. The molecule has 1 aromatic heterocycles. The molecule has 0 saturated heterocycles. The third kappa shape index (κ3) is 5.91. The van der Waals surface area contributed by atoms with Gasteiger partial charge in [-0.05, 0) is 37.3 Å². The van der Waals surface area contributed by atoms with Crippen LogP contribution >= 0.6 is 0 Å². The number of aromatic nitrogens is 1. The van der Waals surface area contributed by atoms with Crippen LogP contribution in [0.1, 0.15) is 41.5 Å². The summed E-state index contributed by atoms with van der Waals surface area (Å²) in [6, 6.07) is 8.05. The number of hydrogen-bond donors (Lipinski definition) is 1. The molecule has 9 heteroatoms. The maximum absolute atomic E-state index is 13.4. The van der Waals surface area contributed by atoms with E-state index in [1.165, 1.54) is 6.92 Å². The number of benzene rings is 1. The van der Waals surface area contributed by atoms with Gasteiger partial charge < -0.3 is 24.6 Å². The molecule has 0 saturated carbocycles. The molecule has 0 bridgehead atoms. The van der Waals surface area contributed by atoms with E-state index in [0.717, 1.165) is 0 Å². The monoisotopic (exact) mass is 468 g/mol. The Hall–Kier alpha value is -3.46. The summed E-state index contributed by atoms with van der Waals surface area (Å²) >= 11 is 0. The van der Waals surface area contributed by atoms with Crippen LogP contribution < -0.4 is 10.1 Å². The molecule has 34 heavy (non-hydrogen) atoms. The normalized spacial score (nSPS) is 21.6. The van der Waals surface area contributed by atoms with Crippen LogP contribution in [0.15, 0.2) is 42.7 Å². The highest BCUT2D eigenvalue weighted by Crippen LogP contribution is 2.26. The number of amides is 3. The number of pyridine rings is 1. The summed E-state index contributed by atoms with van der Waals surface area (Å²) in [5.41, 5.74) is 1.38. The Bertz CT molecular complexity index is 1030. The first-order chi connectivity index (χ1) is 16.2. The number of ether oxygens (including phenoxy) is 2. The van der Waals surface area contributed by atoms with Crippen LogP contribution in [0.5, 0.6) is 5.75 Å². The fourth-order valence-corrected chi connectivity index (χ4v) is 4.00. The van der Waals surface area contributed by atoms with Gasteiger partial charge in [0.15, 0.2) is 0 Å². The minimum absolute atomic E-state index is 0.0573. The highest BCUT2D eigenvalue weighted by molar-refractivity contribution is 5.99. The standard InChI is InChI=1S/C25H32N4O5/c1-16-13-29(24(31)19-8-10-26-11-9-19)17(2)15-34-22-7-6-20(27-18(3)30)12-21(22)25(32)28(4)14-23(16)33-5/h6-12,16-17,23H,13-15H2,1-5H3,(H,27,30)/t16-,17-,23-/m0/s1. The lowest BCUT2D eigenvalue weighted by Gasteiger charge is -2.36. The van der Waals surface area contributed by atoms with Gasteiger partial charge in [-0.3, -0.25) is 19.4 Å². The van der Waals surface area contributed by atoms with E-state index in [0.29, 0.717) is 35.7 Å². The fraction of sp³-hybridized carbons (Fsp3) is 0.440. The van der Waals surface area contributed by atoms with Crippen LogP contribution in [0, 0.1) is 5.92 Å². The van der Waals surface area contributed by atoms with Crippen molar-refractivity contribution in [2.75, 3.05) is 39.2 Å². The highest BCUT2D eigenvalue weighted by atomic mass is 16.5. The van der Waals surface area contributed by atoms with Gasteiger partial charge in [0.2, 0.25) is 5.91 Å². The van der Waals surface area contributed by atoms with E-state index in [1.807, 2.05) is 13.8 Å². The third-order valence-corrected chi connectivity index (χ3v) is 5.95. The molecule has 9 nitrogen and oxygen atoms in total. The zero-order chi connectivity index (χ0) is 24.8. The number of likely N-dealkylation sites (N-methyl/N-ethyl adjacent to an activating group) is 1. The third-order valence-electron chi connectivity index (χ3n) is 5.95. The SMILES string of the molecule is CO[C@H]1CN(C)C(=O)c2cc(NC(C)=O)ccc2OC[C@H](C)N(C(=O)c2ccncc2)C[C@@H]1C. The van der Waals surface area contributed by atoms with E-state index in [1.54, 1.807) is 66.7 Å². The molecule has 1 aromatic carbocycles. The smallest absolute Gasteiger partial charge is 0.257 e. The molecule has 3 rings (SSSR count). The summed E-state index contributed by atoms with van der Waals surface area (Å²) in [7, 11) is 3.31. The quantitative estimate of drug-likeness (QED) is 0.743. The van der Waals surface area contributed by atoms with E-state index in [-0.39, 0.29) is 42.4 Å². The second-order valence-corrected chi connectivity index (χ2v) is 8.68. The maximum Gasteiger partial charge on any atom is 0.257 e. The first-order valence-electron chi connectivity index (χ1n) is 11.2. The van der Waals surface area contributed by atoms with Gasteiger partial charge in [0.25, 0.3) is 11.8 Å². The first kappa shape index (κ1) is 25.2. The molecule has 1 N–H and O–H groups in total. The van der Waals surface area contributed by atoms with E-state index in [9.17, 15) is 14.4 Å². The van der Waals surface area contributed by atoms with Crippen molar-refractivity contribution in [3.8, 4) is 5.75 Å². The number of carbonyl (C=O) groups is 3. The molecule has 1 aliphatic rings. The van der Waals surface area contributed by atoms with Crippen molar-refractivity contribution in [1.82, 2.24) is 14.8 Å². The summed E-state index contributed by atoms with van der Waals surface area (Å²) < 4.78 is 11.8. The van der Waals surface area contributed by atoms with Crippen molar-refractivity contribution >= 4 is 23.4 Å². The summed E-state index contributed by atoms with van der Waals surface area (Å²) in [6.45, 7) is 6.27. The number of nitrogens with one attached hydrogen (secondary N) is 1. The van der Waals surface area contributed by atoms with E-state index in [2.05, 4.69) is 10.3 Å². The predicted molar refractivity (Wildman–Crippen MR) is 128 cm³/mol. The van der Waals surface area contributed by atoms with E-state index < -0.39 is 0 Å². The molecule has 0 fully saturated rings. The number of rotatable bonds is 3. The molecule has 2 aromatic rings. The number of anilines is 1. The van der Waals surface area contributed by atoms with Crippen LogP contribution in [0.25, 0.3) is 0 Å². The molecule has 3 amide bonds. The van der Waals surface area contributed by atoms with Crippen LogP contribution in [0.4, 0.5) is 5.69 Å². The number of nitrogens with zero attached hydrogens (tertiary/aromatic N) is 3. The van der Waals surface area contributed by atoms with Gasteiger partial charge in [-0.2, -0.15) is 0 Å². The van der Waals surface area contributed by atoms with Gasteiger partial charge in [-0.25, -0.2) is 0 Å². The molecular formula is C25H32N4O5. The highest BCUT2D eigenvalue weighted by Gasteiger charge is 2.30. The second-order valence-electron chi connectivity index (χ2n) is 8.68. The molecule has 0 spiro atoms. The maximum atomic E-state index is 13.4. The van der Waals surface area contributed by atoms with E-state index in [4.69, 9.17) is 9.47 Å². The van der Waals surface area contributed by atoms with Crippen molar-refractivity contribution in [3.63, 3.8) is 0 Å². The molecule has 3 atom stereocenters. The molecule has 2 heterocycles. The molecule has 1 aliphatic heterocycles. The fourth-order valence-electron chi connectivity index (χ4n) is 4.00. The summed E-state index contributed by atoms with van der Waals surface area (Å²) in [5, 5.41) is 2.70. The minimum atomic E-state index is -0.295. The van der Waals surface area contributed by atoms with E-state index >= 15 is 0 Å².